The lowest BCUT2D eigenvalue weighted by molar-refractivity contribution is 0.682. The van der Waals surface area contributed by atoms with Gasteiger partial charge in [-0.2, -0.15) is 0 Å². The Morgan fingerprint density at radius 3 is 2.38 bits per heavy atom. The molecular weight excluding hydrogens is 198 g/mol. The molecule has 2 rings (SSSR count). The third-order valence-electron chi connectivity index (χ3n) is 2.57. The Labute approximate surface area is 95.7 Å². The van der Waals surface area contributed by atoms with Crippen LogP contribution in [0.5, 0.6) is 0 Å². The second-order valence-corrected chi connectivity index (χ2v) is 3.82. The molecule has 3 nitrogen and oxygen atoms in total. The summed E-state index contributed by atoms with van der Waals surface area (Å²) in [4.78, 5) is 3.16. The van der Waals surface area contributed by atoms with Gasteiger partial charge in [-0.1, -0.05) is 24.3 Å². The van der Waals surface area contributed by atoms with Crippen molar-refractivity contribution in [1.29, 1.82) is 0 Å². The molecule has 0 amide bonds. The van der Waals surface area contributed by atoms with E-state index in [1.54, 1.807) is 0 Å². The van der Waals surface area contributed by atoms with Crippen molar-refractivity contribution in [3.05, 3.63) is 59.4 Å². The maximum Gasteiger partial charge on any atom is 0.0360 e. The van der Waals surface area contributed by atoms with Crippen molar-refractivity contribution in [1.82, 2.24) is 10.3 Å². The van der Waals surface area contributed by atoms with E-state index in [9.17, 15) is 0 Å². The first-order chi connectivity index (χ1) is 7.88. The first kappa shape index (κ1) is 10.9. The van der Waals surface area contributed by atoms with E-state index in [1.807, 2.05) is 12.3 Å². The van der Waals surface area contributed by atoms with E-state index >= 15 is 0 Å². The van der Waals surface area contributed by atoms with E-state index in [1.165, 1.54) is 16.8 Å². The van der Waals surface area contributed by atoms with Crippen molar-refractivity contribution < 1.29 is 0 Å². The van der Waals surface area contributed by atoms with Crippen molar-refractivity contribution in [2.24, 2.45) is 5.73 Å². The molecule has 84 valence electrons. The van der Waals surface area contributed by atoms with Crippen LogP contribution in [0.15, 0.2) is 42.6 Å². The van der Waals surface area contributed by atoms with E-state index in [-0.39, 0.29) is 0 Å². The number of hydrogen-bond acceptors (Lipinski definition) is 2. The fraction of sp³-hybridized carbons (Fsp3) is 0.231. The maximum absolute atomic E-state index is 5.54. The zero-order valence-electron chi connectivity index (χ0n) is 9.24. The molecule has 16 heavy (non-hydrogen) atoms. The van der Waals surface area contributed by atoms with E-state index in [4.69, 9.17) is 5.73 Å². The number of nitrogens with one attached hydrogen (secondary N) is 2. The Bertz CT molecular complexity index is 403. The number of aromatic amines is 1. The van der Waals surface area contributed by atoms with Crippen LogP contribution >= 0.6 is 0 Å². The average molecular weight is 215 g/mol. The third kappa shape index (κ3) is 2.95. The van der Waals surface area contributed by atoms with Crippen molar-refractivity contribution in [3.8, 4) is 0 Å². The highest BCUT2D eigenvalue weighted by Crippen LogP contribution is 2.03. The van der Waals surface area contributed by atoms with Crippen LogP contribution in [-0.2, 0) is 19.6 Å². The molecule has 0 unspecified atom stereocenters. The number of rotatable bonds is 5. The largest absolute Gasteiger partial charge is 0.364 e. The van der Waals surface area contributed by atoms with Crippen LogP contribution < -0.4 is 11.1 Å². The smallest absolute Gasteiger partial charge is 0.0360 e. The second-order valence-electron chi connectivity index (χ2n) is 3.82. The van der Waals surface area contributed by atoms with Gasteiger partial charge in [0, 0.05) is 31.5 Å². The van der Waals surface area contributed by atoms with Crippen LogP contribution in [0.3, 0.4) is 0 Å². The van der Waals surface area contributed by atoms with Crippen LogP contribution in [0.1, 0.15) is 16.8 Å². The maximum atomic E-state index is 5.54. The molecule has 0 radical (unpaired) electrons. The average Bonchev–Trinajstić information content (AvgIpc) is 2.83. The summed E-state index contributed by atoms with van der Waals surface area (Å²) in [5.74, 6) is 0. The summed E-state index contributed by atoms with van der Waals surface area (Å²) in [7, 11) is 0. The fourth-order valence-electron chi connectivity index (χ4n) is 1.61. The number of benzene rings is 1. The number of hydrogen-bond donors (Lipinski definition) is 3. The van der Waals surface area contributed by atoms with Gasteiger partial charge < -0.3 is 16.0 Å². The zero-order valence-corrected chi connectivity index (χ0v) is 9.24. The van der Waals surface area contributed by atoms with Gasteiger partial charge in [-0.05, 0) is 23.3 Å². The SMILES string of the molecule is NCc1ccc(CNCc2ccc[nH]2)cc1. The molecule has 1 heterocycles. The summed E-state index contributed by atoms with van der Waals surface area (Å²) in [5, 5.41) is 3.38. The molecule has 2 aromatic rings. The van der Waals surface area contributed by atoms with Crippen LogP contribution in [0.25, 0.3) is 0 Å². The highest BCUT2D eigenvalue weighted by molar-refractivity contribution is 5.22. The van der Waals surface area contributed by atoms with Gasteiger partial charge in [0.15, 0.2) is 0 Å². The van der Waals surface area contributed by atoms with Gasteiger partial charge in [-0.3, -0.25) is 0 Å². The molecule has 0 atom stereocenters. The second kappa shape index (κ2) is 5.49. The molecule has 4 N–H and O–H groups in total. The molecule has 0 saturated heterocycles. The van der Waals surface area contributed by atoms with Crippen molar-refractivity contribution in [2.75, 3.05) is 0 Å². The van der Waals surface area contributed by atoms with E-state index in [2.05, 4.69) is 40.6 Å². The minimum atomic E-state index is 0.607. The lowest BCUT2D eigenvalue weighted by atomic mass is 10.1. The van der Waals surface area contributed by atoms with E-state index in [0.29, 0.717) is 6.54 Å². The number of aromatic nitrogens is 1. The topological polar surface area (TPSA) is 53.8 Å². The summed E-state index contributed by atoms with van der Waals surface area (Å²) in [6, 6.07) is 12.5. The standard InChI is InChI=1S/C13H17N3/c14-8-11-3-5-12(6-4-11)9-15-10-13-2-1-7-16-13/h1-7,15-16H,8-10,14H2. The van der Waals surface area contributed by atoms with E-state index in [0.717, 1.165) is 13.1 Å². The first-order valence-electron chi connectivity index (χ1n) is 5.49. The number of H-pyrrole nitrogens is 1. The third-order valence-corrected chi connectivity index (χ3v) is 2.57. The summed E-state index contributed by atoms with van der Waals surface area (Å²) in [6.45, 7) is 2.35. The lowest BCUT2D eigenvalue weighted by Gasteiger charge is -2.04. The lowest BCUT2D eigenvalue weighted by Crippen LogP contribution is -2.12. The molecule has 3 heteroatoms. The molecule has 0 aliphatic carbocycles. The van der Waals surface area contributed by atoms with Gasteiger partial charge in [0.1, 0.15) is 0 Å². The zero-order chi connectivity index (χ0) is 11.2. The minimum Gasteiger partial charge on any atom is -0.364 e. The molecule has 0 fully saturated rings. The van der Waals surface area contributed by atoms with Gasteiger partial charge in [0.2, 0.25) is 0 Å². The summed E-state index contributed by atoms with van der Waals surface area (Å²) in [5.41, 5.74) is 9.21. The molecule has 0 saturated carbocycles. The summed E-state index contributed by atoms with van der Waals surface area (Å²) >= 11 is 0. The van der Waals surface area contributed by atoms with E-state index < -0.39 is 0 Å². The van der Waals surface area contributed by atoms with Crippen LogP contribution in [0, 0.1) is 0 Å². The monoisotopic (exact) mass is 215 g/mol. The molecular formula is C13H17N3. The predicted molar refractivity (Wildman–Crippen MR) is 65.7 cm³/mol. The van der Waals surface area contributed by atoms with Gasteiger partial charge in [-0.25, -0.2) is 0 Å². The minimum absolute atomic E-state index is 0.607. The van der Waals surface area contributed by atoms with Gasteiger partial charge >= 0.3 is 0 Å². The predicted octanol–water partition coefficient (Wildman–Crippen LogP) is 1.76. The molecule has 1 aromatic carbocycles. The number of nitrogens with two attached hydrogens (primary N) is 1. The Hall–Kier alpha value is -1.58. The molecule has 1 aromatic heterocycles. The Kier molecular flexibility index (Phi) is 3.75. The molecule has 0 aliphatic heterocycles. The fourth-order valence-corrected chi connectivity index (χ4v) is 1.61. The van der Waals surface area contributed by atoms with Gasteiger partial charge in [0.25, 0.3) is 0 Å². The molecule has 0 bridgehead atoms. The van der Waals surface area contributed by atoms with Gasteiger partial charge in [0.05, 0.1) is 0 Å². The van der Waals surface area contributed by atoms with Crippen LogP contribution in [-0.4, -0.2) is 4.98 Å². The summed E-state index contributed by atoms with van der Waals surface area (Å²) < 4.78 is 0. The Morgan fingerprint density at radius 1 is 1.00 bits per heavy atom. The molecule has 0 aliphatic rings. The first-order valence-corrected chi connectivity index (χ1v) is 5.49. The van der Waals surface area contributed by atoms with Crippen LogP contribution in [0.4, 0.5) is 0 Å². The highest BCUT2D eigenvalue weighted by atomic mass is 14.9. The highest BCUT2D eigenvalue weighted by Gasteiger charge is 1.95. The Morgan fingerprint density at radius 2 is 1.75 bits per heavy atom. The Balaban J connectivity index is 1.81. The van der Waals surface area contributed by atoms with Crippen molar-refractivity contribution in [2.45, 2.75) is 19.6 Å². The normalized spacial score (nSPS) is 10.6. The quantitative estimate of drug-likeness (QED) is 0.712. The van der Waals surface area contributed by atoms with Crippen molar-refractivity contribution in [3.63, 3.8) is 0 Å². The van der Waals surface area contributed by atoms with Crippen molar-refractivity contribution >= 4 is 0 Å². The molecule has 0 spiro atoms. The summed E-state index contributed by atoms with van der Waals surface area (Å²) in [6.07, 6.45) is 1.94. The van der Waals surface area contributed by atoms with Crippen LogP contribution in [0.2, 0.25) is 0 Å². The van der Waals surface area contributed by atoms with Gasteiger partial charge in [-0.15, -0.1) is 0 Å².